The largest absolute Gasteiger partial charge is 0.504 e. The Balaban J connectivity index is 2.55. The zero-order valence-electron chi connectivity index (χ0n) is 11.4. The van der Waals surface area contributed by atoms with E-state index in [0.29, 0.717) is 17.4 Å². The van der Waals surface area contributed by atoms with Crippen LogP contribution in [-0.4, -0.2) is 15.3 Å². The molecule has 0 bridgehead atoms. The monoisotopic (exact) mass is 286 g/mol. The summed E-state index contributed by atoms with van der Waals surface area (Å²) < 4.78 is 5.50. The quantitative estimate of drug-likeness (QED) is 0.497. The second kappa shape index (κ2) is 4.70. The molecule has 1 heterocycles. The van der Waals surface area contributed by atoms with Crippen molar-refractivity contribution in [3.05, 3.63) is 40.1 Å². The minimum absolute atomic E-state index is 0.0272. The Hall–Kier alpha value is -2.69. The molecular formula is C16H14O5. The maximum Gasteiger partial charge on any atom is 0.224 e. The molecule has 0 aromatic heterocycles. The van der Waals surface area contributed by atoms with Crippen LogP contribution in [0.3, 0.4) is 0 Å². The molecule has 21 heavy (non-hydrogen) atoms. The number of hydrogen-bond acceptors (Lipinski definition) is 5. The molecule has 1 aliphatic heterocycles. The molecule has 1 aromatic rings. The standard InChI is InChI=1S/C16H14O5/c1-2-3-8-9-4-6-11(17)13(19)15(9)21-16-10(8)5-7-12(18)14(16)20/h4-7,17,19-20H,2-3H2,1H3. The van der Waals surface area contributed by atoms with Crippen LogP contribution in [0.2, 0.25) is 0 Å². The fourth-order valence-electron chi connectivity index (χ4n) is 2.56. The molecule has 1 aromatic carbocycles. The first-order chi connectivity index (χ1) is 10.0. The molecule has 2 aliphatic rings. The lowest BCUT2D eigenvalue weighted by atomic mass is 9.95. The number of rotatable bonds is 2. The lowest BCUT2D eigenvalue weighted by Gasteiger charge is -2.15. The Kier molecular flexibility index (Phi) is 2.97. The first-order valence-corrected chi connectivity index (χ1v) is 6.67. The predicted molar refractivity (Wildman–Crippen MR) is 78.1 cm³/mol. The van der Waals surface area contributed by atoms with Crippen LogP contribution in [0.1, 0.15) is 18.9 Å². The lowest BCUT2D eigenvalue weighted by Crippen LogP contribution is -2.03. The summed E-state index contributed by atoms with van der Waals surface area (Å²) in [6.07, 6.45) is 1.53. The van der Waals surface area contributed by atoms with E-state index >= 15 is 0 Å². The molecule has 5 heteroatoms. The van der Waals surface area contributed by atoms with Crippen molar-refractivity contribution >= 4 is 11.0 Å². The van der Waals surface area contributed by atoms with Gasteiger partial charge < -0.3 is 19.7 Å². The zero-order valence-corrected chi connectivity index (χ0v) is 11.4. The van der Waals surface area contributed by atoms with E-state index in [4.69, 9.17) is 4.42 Å². The van der Waals surface area contributed by atoms with E-state index in [-0.39, 0.29) is 17.1 Å². The maximum atomic E-state index is 11.6. The summed E-state index contributed by atoms with van der Waals surface area (Å²) in [5.41, 5.74) is 1.01. The van der Waals surface area contributed by atoms with Gasteiger partial charge in [0.2, 0.25) is 16.9 Å². The summed E-state index contributed by atoms with van der Waals surface area (Å²) in [6.45, 7) is 2.00. The molecule has 0 amide bonds. The van der Waals surface area contributed by atoms with Crippen molar-refractivity contribution in [2.45, 2.75) is 19.8 Å². The maximum absolute atomic E-state index is 11.6. The first kappa shape index (κ1) is 13.3. The van der Waals surface area contributed by atoms with Crippen molar-refractivity contribution in [1.29, 1.82) is 0 Å². The zero-order chi connectivity index (χ0) is 15.1. The van der Waals surface area contributed by atoms with Crippen LogP contribution in [0.15, 0.2) is 33.5 Å². The normalized spacial score (nSPS) is 11.3. The minimum atomic E-state index is -0.548. The van der Waals surface area contributed by atoms with Crippen LogP contribution < -0.4 is 5.43 Å². The molecule has 3 N–H and O–H groups in total. The molecule has 0 atom stereocenters. The van der Waals surface area contributed by atoms with E-state index in [1.54, 1.807) is 12.1 Å². The van der Waals surface area contributed by atoms with Crippen LogP contribution in [0, 0.1) is 0 Å². The van der Waals surface area contributed by atoms with E-state index < -0.39 is 16.9 Å². The summed E-state index contributed by atoms with van der Waals surface area (Å²) in [6, 6.07) is 5.94. The van der Waals surface area contributed by atoms with Crippen molar-refractivity contribution < 1.29 is 19.7 Å². The van der Waals surface area contributed by atoms with Gasteiger partial charge in [0.05, 0.1) is 0 Å². The number of aryl methyl sites for hydroxylation is 1. The molecule has 0 radical (unpaired) electrons. The van der Waals surface area contributed by atoms with Gasteiger partial charge in [-0.15, -0.1) is 0 Å². The van der Waals surface area contributed by atoms with Gasteiger partial charge in [-0.3, -0.25) is 4.79 Å². The van der Waals surface area contributed by atoms with Gasteiger partial charge in [0.25, 0.3) is 0 Å². The van der Waals surface area contributed by atoms with Gasteiger partial charge in [-0.2, -0.15) is 0 Å². The predicted octanol–water partition coefficient (Wildman–Crippen LogP) is 2.97. The van der Waals surface area contributed by atoms with Crippen molar-refractivity contribution in [2.24, 2.45) is 0 Å². The third kappa shape index (κ3) is 1.89. The molecule has 108 valence electrons. The van der Waals surface area contributed by atoms with E-state index in [0.717, 1.165) is 12.0 Å². The molecule has 5 nitrogen and oxygen atoms in total. The topological polar surface area (TPSA) is 90.9 Å². The smallest absolute Gasteiger partial charge is 0.224 e. The number of phenolic OH excluding ortho intramolecular Hbond substituents is 3. The summed E-state index contributed by atoms with van der Waals surface area (Å²) in [4.78, 5) is 11.6. The van der Waals surface area contributed by atoms with E-state index in [1.165, 1.54) is 12.1 Å². The first-order valence-electron chi connectivity index (χ1n) is 6.67. The highest BCUT2D eigenvalue weighted by molar-refractivity contribution is 5.93. The van der Waals surface area contributed by atoms with E-state index in [1.807, 2.05) is 6.92 Å². The Labute approximate surface area is 120 Å². The van der Waals surface area contributed by atoms with Gasteiger partial charge in [-0.1, -0.05) is 13.3 Å². The molecule has 0 fully saturated rings. The van der Waals surface area contributed by atoms with Gasteiger partial charge in [-0.05, 0) is 36.2 Å². The number of hydrogen-bond donors (Lipinski definition) is 3. The number of aromatic hydroxyl groups is 3. The summed E-state index contributed by atoms with van der Waals surface area (Å²) >= 11 is 0. The Morgan fingerprint density at radius 1 is 1.05 bits per heavy atom. The van der Waals surface area contributed by atoms with Crippen LogP contribution in [0.25, 0.3) is 22.3 Å². The fraction of sp³-hybridized carbons (Fsp3) is 0.188. The molecule has 0 saturated carbocycles. The summed E-state index contributed by atoms with van der Waals surface area (Å²) in [5, 5.41) is 30.1. The molecule has 0 spiro atoms. The summed E-state index contributed by atoms with van der Waals surface area (Å²) in [5.74, 6) is -1.18. The molecular weight excluding hydrogens is 272 g/mol. The minimum Gasteiger partial charge on any atom is -0.504 e. The SMILES string of the molecule is CCCc1c2ccc(=O)c(O)c-2oc2c(O)c(O)ccc12. The van der Waals surface area contributed by atoms with Crippen LogP contribution in [-0.2, 0) is 6.42 Å². The number of benzene rings is 2. The van der Waals surface area contributed by atoms with Gasteiger partial charge in [0, 0.05) is 10.9 Å². The second-order valence-electron chi connectivity index (χ2n) is 4.93. The summed E-state index contributed by atoms with van der Waals surface area (Å²) in [7, 11) is 0. The van der Waals surface area contributed by atoms with E-state index in [9.17, 15) is 20.1 Å². The van der Waals surface area contributed by atoms with Gasteiger partial charge >= 0.3 is 0 Å². The van der Waals surface area contributed by atoms with Crippen LogP contribution in [0.4, 0.5) is 0 Å². The van der Waals surface area contributed by atoms with Crippen molar-refractivity contribution in [1.82, 2.24) is 0 Å². The molecule has 3 rings (SSSR count). The van der Waals surface area contributed by atoms with Crippen molar-refractivity contribution in [3.63, 3.8) is 0 Å². The highest BCUT2D eigenvalue weighted by Gasteiger charge is 2.22. The average molecular weight is 286 g/mol. The van der Waals surface area contributed by atoms with Gasteiger partial charge in [0.15, 0.2) is 17.1 Å². The third-order valence-corrected chi connectivity index (χ3v) is 3.56. The van der Waals surface area contributed by atoms with Gasteiger partial charge in [-0.25, -0.2) is 0 Å². The van der Waals surface area contributed by atoms with Crippen molar-refractivity contribution in [3.8, 4) is 28.6 Å². The second-order valence-corrected chi connectivity index (χ2v) is 4.93. The average Bonchev–Trinajstić information content (AvgIpc) is 2.47. The molecule has 0 unspecified atom stereocenters. The number of phenols is 3. The lowest BCUT2D eigenvalue weighted by molar-refractivity contribution is 0.397. The Morgan fingerprint density at radius 3 is 2.52 bits per heavy atom. The Morgan fingerprint density at radius 2 is 1.81 bits per heavy atom. The molecule has 0 saturated heterocycles. The number of fused-ring (bicyclic) bond motifs is 2. The molecule has 1 aliphatic carbocycles. The van der Waals surface area contributed by atoms with Crippen LogP contribution in [0.5, 0.6) is 17.2 Å². The van der Waals surface area contributed by atoms with Crippen molar-refractivity contribution in [2.75, 3.05) is 0 Å². The van der Waals surface area contributed by atoms with E-state index in [2.05, 4.69) is 0 Å². The highest BCUT2D eigenvalue weighted by Crippen LogP contribution is 2.42. The van der Waals surface area contributed by atoms with Gasteiger partial charge in [0.1, 0.15) is 0 Å². The Bertz CT molecular complexity index is 863. The third-order valence-electron chi connectivity index (χ3n) is 3.56. The van der Waals surface area contributed by atoms with Crippen LogP contribution >= 0.6 is 0 Å². The fourth-order valence-corrected chi connectivity index (χ4v) is 2.56. The highest BCUT2D eigenvalue weighted by atomic mass is 16.4.